The van der Waals surface area contributed by atoms with Gasteiger partial charge in [0.15, 0.2) is 0 Å². The molecule has 0 radical (unpaired) electrons. The number of carbonyl (C=O) groups is 1. The van der Waals surface area contributed by atoms with Gasteiger partial charge >= 0.3 is 0 Å². The van der Waals surface area contributed by atoms with Crippen molar-refractivity contribution in [3.05, 3.63) is 35.4 Å². The van der Waals surface area contributed by atoms with Crippen molar-refractivity contribution < 1.29 is 4.79 Å². The van der Waals surface area contributed by atoms with E-state index in [9.17, 15) is 4.79 Å². The quantitative estimate of drug-likeness (QED) is 0.868. The minimum atomic E-state index is 0.0895. The van der Waals surface area contributed by atoms with Crippen LogP contribution in [-0.4, -0.2) is 25.0 Å². The molecule has 2 N–H and O–H groups in total. The summed E-state index contributed by atoms with van der Waals surface area (Å²) in [7, 11) is 0. The number of piperidine rings is 1. The monoisotopic (exact) mass is 258 g/mol. The van der Waals surface area contributed by atoms with Gasteiger partial charge in [0.1, 0.15) is 0 Å². The van der Waals surface area contributed by atoms with Crippen LogP contribution >= 0.6 is 0 Å². The molecule has 1 fully saturated rings. The number of fused-ring (bicyclic) bond motifs is 1. The highest BCUT2D eigenvalue weighted by Gasteiger charge is 2.31. The Labute approximate surface area is 114 Å². The lowest BCUT2D eigenvalue weighted by molar-refractivity contribution is -0.123. The predicted molar refractivity (Wildman–Crippen MR) is 76.1 cm³/mol. The zero-order valence-electron chi connectivity index (χ0n) is 11.5. The average molecular weight is 258 g/mol. The zero-order valence-corrected chi connectivity index (χ0v) is 11.5. The third kappa shape index (κ3) is 2.66. The summed E-state index contributed by atoms with van der Waals surface area (Å²) in [6.07, 6.45) is 3.34. The molecule has 3 heteroatoms. The Morgan fingerprint density at radius 2 is 2.21 bits per heavy atom. The minimum Gasteiger partial charge on any atom is -0.355 e. The zero-order chi connectivity index (χ0) is 13.2. The number of hydrogen-bond donors (Lipinski definition) is 2. The Balaban J connectivity index is 1.48. The molecule has 3 atom stereocenters. The molecule has 1 aliphatic heterocycles. The first-order valence-electron chi connectivity index (χ1n) is 7.33. The van der Waals surface area contributed by atoms with E-state index in [-0.39, 0.29) is 11.8 Å². The maximum absolute atomic E-state index is 12.2. The summed E-state index contributed by atoms with van der Waals surface area (Å²) in [5.41, 5.74) is 2.55. The molecule has 3 rings (SSSR count). The molecule has 1 heterocycles. The van der Waals surface area contributed by atoms with Crippen LogP contribution in [0.5, 0.6) is 0 Å². The molecular weight excluding hydrogens is 236 g/mol. The second kappa shape index (κ2) is 5.33. The fraction of sp³-hybridized carbons (Fsp3) is 0.562. The van der Waals surface area contributed by atoms with E-state index in [1.807, 2.05) is 12.1 Å². The van der Waals surface area contributed by atoms with Crippen molar-refractivity contribution in [2.24, 2.45) is 5.92 Å². The first-order valence-corrected chi connectivity index (χ1v) is 7.33. The Morgan fingerprint density at radius 1 is 1.37 bits per heavy atom. The van der Waals surface area contributed by atoms with Crippen LogP contribution in [0.1, 0.15) is 36.8 Å². The molecule has 0 saturated carbocycles. The molecule has 3 unspecified atom stereocenters. The molecule has 0 aromatic heterocycles. The van der Waals surface area contributed by atoms with Crippen LogP contribution in [0.3, 0.4) is 0 Å². The predicted octanol–water partition coefficient (Wildman–Crippen LogP) is 1.83. The van der Waals surface area contributed by atoms with Crippen LogP contribution in [0.15, 0.2) is 24.3 Å². The molecule has 1 saturated heterocycles. The standard InChI is InChI=1S/C16H22N2O/c1-11-6-7-12(9-17-11)10-18-16(19)15-8-13-4-2-3-5-14(13)15/h2-5,11-12,15,17H,6-10H2,1H3,(H,18,19). The van der Waals surface area contributed by atoms with Crippen LogP contribution in [0, 0.1) is 5.92 Å². The topological polar surface area (TPSA) is 41.1 Å². The molecule has 1 amide bonds. The highest BCUT2D eigenvalue weighted by atomic mass is 16.1. The summed E-state index contributed by atoms with van der Waals surface area (Å²) in [4.78, 5) is 12.2. The SMILES string of the molecule is CC1CCC(CNC(=O)C2Cc3ccccc32)CN1. The van der Waals surface area contributed by atoms with E-state index in [4.69, 9.17) is 0 Å². The van der Waals surface area contributed by atoms with E-state index in [1.54, 1.807) is 0 Å². The lowest BCUT2D eigenvalue weighted by Gasteiger charge is -2.31. The molecule has 1 aliphatic carbocycles. The third-order valence-corrected chi connectivity index (χ3v) is 4.50. The van der Waals surface area contributed by atoms with Gasteiger partial charge in [-0.1, -0.05) is 24.3 Å². The number of nitrogens with one attached hydrogen (secondary N) is 2. The third-order valence-electron chi connectivity index (χ3n) is 4.50. The summed E-state index contributed by atoms with van der Waals surface area (Å²) in [5, 5.41) is 6.61. The van der Waals surface area contributed by atoms with E-state index in [2.05, 4.69) is 29.7 Å². The van der Waals surface area contributed by atoms with Gasteiger partial charge in [0.05, 0.1) is 5.92 Å². The summed E-state index contributed by atoms with van der Waals surface area (Å²) in [6, 6.07) is 8.89. The van der Waals surface area contributed by atoms with E-state index in [0.717, 1.165) is 19.5 Å². The molecule has 2 aliphatic rings. The van der Waals surface area contributed by atoms with E-state index in [1.165, 1.54) is 24.0 Å². The fourth-order valence-corrected chi connectivity index (χ4v) is 3.09. The van der Waals surface area contributed by atoms with Gasteiger partial charge in [-0.05, 0) is 49.8 Å². The van der Waals surface area contributed by atoms with Crippen LogP contribution in [0.25, 0.3) is 0 Å². The normalized spacial score (nSPS) is 29.2. The van der Waals surface area contributed by atoms with Gasteiger partial charge in [0.2, 0.25) is 5.91 Å². The van der Waals surface area contributed by atoms with E-state index in [0.29, 0.717) is 12.0 Å². The lowest BCUT2D eigenvalue weighted by Crippen LogP contribution is -2.44. The van der Waals surface area contributed by atoms with Gasteiger partial charge in [-0.2, -0.15) is 0 Å². The van der Waals surface area contributed by atoms with Gasteiger partial charge in [0.25, 0.3) is 0 Å². The highest BCUT2D eigenvalue weighted by Crippen LogP contribution is 2.34. The molecule has 0 bridgehead atoms. The van der Waals surface area contributed by atoms with Gasteiger partial charge in [-0.15, -0.1) is 0 Å². The van der Waals surface area contributed by atoms with Gasteiger partial charge in [-0.3, -0.25) is 4.79 Å². The summed E-state index contributed by atoms with van der Waals surface area (Å²) < 4.78 is 0. The highest BCUT2D eigenvalue weighted by molar-refractivity contribution is 5.86. The Morgan fingerprint density at radius 3 is 2.95 bits per heavy atom. The van der Waals surface area contributed by atoms with Crippen LogP contribution in [0.4, 0.5) is 0 Å². The largest absolute Gasteiger partial charge is 0.355 e. The van der Waals surface area contributed by atoms with E-state index < -0.39 is 0 Å². The van der Waals surface area contributed by atoms with Crippen molar-refractivity contribution in [1.29, 1.82) is 0 Å². The van der Waals surface area contributed by atoms with Gasteiger partial charge < -0.3 is 10.6 Å². The molecule has 3 nitrogen and oxygen atoms in total. The number of rotatable bonds is 3. The Hall–Kier alpha value is -1.35. The molecule has 102 valence electrons. The van der Waals surface area contributed by atoms with Crippen LogP contribution < -0.4 is 10.6 Å². The van der Waals surface area contributed by atoms with Crippen LogP contribution in [0.2, 0.25) is 0 Å². The van der Waals surface area contributed by atoms with Gasteiger partial charge in [-0.25, -0.2) is 0 Å². The number of amides is 1. The lowest BCUT2D eigenvalue weighted by atomic mass is 9.77. The maximum Gasteiger partial charge on any atom is 0.227 e. The van der Waals surface area contributed by atoms with Crippen molar-refractivity contribution in [3.8, 4) is 0 Å². The maximum atomic E-state index is 12.2. The number of benzene rings is 1. The summed E-state index contributed by atoms with van der Waals surface area (Å²) >= 11 is 0. The van der Waals surface area contributed by atoms with Crippen LogP contribution in [-0.2, 0) is 11.2 Å². The summed E-state index contributed by atoms with van der Waals surface area (Å²) in [6.45, 7) is 4.07. The molecule has 1 aromatic rings. The first kappa shape index (κ1) is 12.7. The fourth-order valence-electron chi connectivity index (χ4n) is 3.09. The number of carbonyl (C=O) groups excluding carboxylic acids is 1. The Bertz CT molecular complexity index is 464. The van der Waals surface area contributed by atoms with Crippen molar-refractivity contribution in [1.82, 2.24) is 10.6 Å². The molecule has 0 spiro atoms. The first-order chi connectivity index (χ1) is 9.24. The molecule has 19 heavy (non-hydrogen) atoms. The second-order valence-electron chi connectivity index (χ2n) is 5.95. The van der Waals surface area contributed by atoms with Crippen molar-refractivity contribution in [2.75, 3.05) is 13.1 Å². The molecule has 1 aromatic carbocycles. The molecular formula is C16H22N2O. The Kier molecular flexibility index (Phi) is 3.56. The van der Waals surface area contributed by atoms with Crippen molar-refractivity contribution in [2.45, 2.75) is 38.1 Å². The van der Waals surface area contributed by atoms with E-state index >= 15 is 0 Å². The van der Waals surface area contributed by atoms with Crippen molar-refractivity contribution in [3.63, 3.8) is 0 Å². The average Bonchev–Trinajstić information content (AvgIpc) is 2.39. The second-order valence-corrected chi connectivity index (χ2v) is 5.95. The smallest absolute Gasteiger partial charge is 0.227 e. The minimum absolute atomic E-state index is 0.0895. The van der Waals surface area contributed by atoms with Gasteiger partial charge in [0, 0.05) is 12.6 Å². The van der Waals surface area contributed by atoms with Crippen molar-refractivity contribution >= 4 is 5.91 Å². The summed E-state index contributed by atoms with van der Waals surface area (Å²) in [5.74, 6) is 0.888. The number of hydrogen-bond acceptors (Lipinski definition) is 2.